The summed E-state index contributed by atoms with van der Waals surface area (Å²) in [6.07, 6.45) is 2.88. The quantitative estimate of drug-likeness (QED) is 0.0780. The van der Waals surface area contributed by atoms with Crippen LogP contribution in [0.3, 0.4) is 0 Å². The van der Waals surface area contributed by atoms with E-state index in [0.717, 1.165) is 24.7 Å². The van der Waals surface area contributed by atoms with E-state index in [1.54, 1.807) is 98.8 Å². The second kappa shape index (κ2) is 24.9. The standard InChI is InChI=1S/C86H44F20N4/c1-36-29-47(37(2)28-46(36)40-16-22-56-48(32-40)44-10-4-6-12-54(44)107(56)82-74(99)66(91)62(87)67(92)75(82)100)41-17-23-59-51(33-41)49-30-38(14-20-57(49)109(59)84-78(103)70(95)64(89)71(96)79(84)104)39-15-21-58-50(31-39)53-35-43(19-25-61(53)110(58)85-80(105)72(97)65(90)73(98)81(85)106)86(26-8-3-9-27-86)42-18-24-60-52(34-42)45-11-5-7-13-55(45)108(60)83-76(101)68(93)63(88)69(94)77(83)102/h4-7,10-25,28-35H,3,8-9,26-27H2,1-2H3. The summed E-state index contributed by atoms with van der Waals surface area (Å²) in [5, 5.41) is 2.28. The van der Waals surface area contributed by atoms with Crippen LogP contribution in [0.25, 0.3) is 143 Å². The van der Waals surface area contributed by atoms with E-state index >= 15 is 52.7 Å². The van der Waals surface area contributed by atoms with Crippen LogP contribution in [0, 0.1) is 130 Å². The Hall–Kier alpha value is -12.3. The molecule has 1 aliphatic carbocycles. The number of aryl methyl sites for hydroxylation is 2. The molecule has 0 saturated heterocycles. The van der Waals surface area contributed by atoms with Gasteiger partial charge in [-0.15, -0.1) is 0 Å². The smallest absolute Gasteiger partial charge is 0.200 e. The van der Waals surface area contributed by atoms with E-state index in [9.17, 15) is 35.1 Å². The molecule has 0 unspecified atom stereocenters. The van der Waals surface area contributed by atoms with Gasteiger partial charge in [0.15, 0.2) is 93.1 Å². The number of rotatable bonds is 9. The first-order valence-electron chi connectivity index (χ1n) is 34.2. The van der Waals surface area contributed by atoms with Crippen molar-refractivity contribution in [2.45, 2.75) is 51.4 Å². The highest BCUT2D eigenvalue weighted by Gasteiger charge is 2.40. The van der Waals surface area contributed by atoms with Crippen LogP contribution >= 0.6 is 0 Å². The number of aromatic nitrogens is 4. The molecule has 1 saturated carbocycles. The van der Waals surface area contributed by atoms with Crippen LogP contribution in [0.15, 0.2) is 170 Å². The van der Waals surface area contributed by atoms with Gasteiger partial charge in [-0.2, -0.15) is 0 Å². The Bertz CT molecular complexity index is 6880. The average Bonchev–Trinajstić information content (AvgIpc) is 1.56. The van der Waals surface area contributed by atoms with Gasteiger partial charge in [-0.1, -0.05) is 104 Å². The van der Waals surface area contributed by atoms with Crippen molar-refractivity contribution in [3.63, 3.8) is 0 Å². The summed E-state index contributed by atoms with van der Waals surface area (Å²) in [6.45, 7) is 3.55. The van der Waals surface area contributed by atoms with Crippen molar-refractivity contribution in [3.05, 3.63) is 308 Å². The summed E-state index contributed by atoms with van der Waals surface area (Å²) in [5.74, 6) is -44.0. The minimum absolute atomic E-state index is 0.0506. The highest BCUT2D eigenvalue weighted by molar-refractivity contribution is 6.15. The molecule has 0 atom stereocenters. The van der Waals surface area contributed by atoms with Gasteiger partial charge in [0.2, 0.25) is 23.3 Å². The summed E-state index contributed by atoms with van der Waals surface area (Å²) in [5.41, 5.74) is -0.553. The second-order valence-electron chi connectivity index (χ2n) is 27.6. The first-order chi connectivity index (χ1) is 52.7. The molecule has 0 N–H and O–H groups in total. The fourth-order valence-corrected chi connectivity index (χ4v) is 16.7. The molecule has 0 spiro atoms. The van der Waals surface area contributed by atoms with Crippen molar-refractivity contribution in [2.75, 3.05) is 0 Å². The molecule has 548 valence electrons. The van der Waals surface area contributed by atoms with E-state index in [1.165, 1.54) is 72.8 Å². The summed E-state index contributed by atoms with van der Waals surface area (Å²) in [4.78, 5) is 0. The lowest BCUT2D eigenvalue weighted by Crippen LogP contribution is -2.30. The van der Waals surface area contributed by atoms with Gasteiger partial charge in [0.1, 0.15) is 22.7 Å². The minimum Gasteiger partial charge on any atom is -0.304 e. The Kier molecular flexibility index (Phi) is 15.7. The Morgan fingerprint density at radius 2 is 0.445 bits per heavy atom. The highest BCUT2D eigenvalue weighted by Crippen LogP contribution is 2.51. The van der Waals surface area contributed by atoms with Crippen molar-refractivity contribution >= 4 is 87.2 Å². The van der Waals surface area contributed by atoms with Gasteiger partial charge >= 0.3 is 0 Å². The van der Waals surface area contributed by atoms with Crippen LogP contribution in [0.2, 0.25) is 0 Å². The molecule has 4 aromatic heterocycles. The van der Waals surface area contributed by atoms with Crippen molar-refractivity contribution in [1.29, 1.82) is 0 Å². The van der Waals surface area contributed by atoms with E-state index in [0.29, 0.717) is 103 Å². The maximum atomic E-state index is 16.4. The summed E-state index contributed by atoms with van der Waals surface area (Å²) >= 11 is 0. The van der Waals surface area contributed by atoms with Gasteiger partial charge in [0.05, 0.1) is 44.1 Å². The lowest BCUT2D eigenvalue weighted by Gasteiger charge is -2.39. The Balaban J connectivity index is 0.810. The molecule has 0 bridgehead atoms. The first-order valence-corrected chi connectivity index (χ1v) is 34.2. The van der Waals surface area contributed by atoms with Crippen LogP contribution in [0.4, 0.5) is 87.8 Å². The molecule has 24 heteroatoms. The SMILES string of the molecule is Cc1cc(-c2ccc3c(c2)c2cc(-c4ccc5c(c4)c4cc(C6(c7ccc8c(c7)c7ccccc7n8-c7c(F)c(F)c(F)c(F)c7F)CCCCC6)ccc4n5-c4c(F)c(F)c(F)c(F)c4F)ccc2n3-c2c(F)c(F)c(F)c(F)c2F)c(C)cc1-c1ccc2c(c1)c1ccccc1n2-c1c(F)c(F)c(F)c(F)c1F. The van der Waals surface area contributed by atoms with Gasteiger partial charge in [0, 0.05) is 48.5 Å². The Morgan fingerprint density at radius 3 is 0.755 bits per heavy atom. The monoisotopic (exact) mass is 1510 g/mol. The molecule has 13 aromatic carbocycles. The van der Waals surface area contributed by atoms with Gasteiger partial charge < -0.3 is 18.3 Å². The number of fused-ring (bicyclic) bond motifs is 12. The molecule has 0 aliphatic heterocycles. The maximum Gasteiger partial charge on any atom is 0.200 e. The van der Waals surface area contributed by atoms with Gasteiger partial charge in [-0.25, -0.2) is 87.8 Å². The van der Waals surface area contributed by atoms with Crippen molar-refractivity contribution < 1.29 is 87.8 Å². The zero-order valence-corrected chi connectivity index (χ0v) is 56.5. The predicted octanol–water partition coefficient (Wildman–Crippen LogP) is 25.7. The summed E-state index contributed by atoms with van der Waals surface area (Å²) < 4.78 is 312. The molecular formula is C86H44F20N4. The molecule has 0 amide bonds. The predicted molar refractivity (Wildman–Crippen MR) is 379 cm³/mol. The number of hydrogen-bond donors (Lipinski definition) is 0. The van der Waals surface area contributed by atoms with Gasteiger partial charge in [0.25, 0.3) is 0 Å². The molecule has 110 heavy (non-hydrogen) atoms. The Labute approximate surface area is 606 Å². The third kappa shape index (κ3) is 9.67. The average molecular weight is 1510 g/mol. The van der Waals surface area contributed by atoms with E-state index in [4.69, 9.17) is 0 Å². The number of halogens is 20. The van der Waals surface area contributed by atoms with Crippen LogP contribution in [-0.4, -0.2) is 18.3 Å². The van der Waals surface area contributed by atoms with Crippen LogP contribution < -0.4 is 0 Å². The summed E-state index contributed by atoms with van der Waals surface area (Å²) in [6, 6.07) is 44.1. The summed E-state index contributed by atoms with van der Waals surface area (Å²) in [7, 11) is 0. The number of hydrogen-bond acceptors (Lipinski definition) is 0. The van der Waals surface area contributed by atoms with Gasteiger partial charge in [-0.05, 0) is 167 Å². The zero-order chi connectivity index (χ0) is 77.0. The molecule has 1 aliphatic rings. The number of benzene rings is 13. The normalized spacial score (nSPS) is 13.4. The molecule has 1 fully saturated rings. The molecule has 18 rings (SSSR count). The van der Waals surface area contributed by atoms with Crippen molar-refractivity contribution in [2.24, 2.45) is 0 Å². The maximum absolute atomic E-state index is 16.4. The van der Waals surface area contributed by atoms with E-state index in [2.05, 4.69) is 0 Å². The zero-order valence-electron chi connectivity index (χ0n) is 56.5. The van der Waals surface area contributed by atoms with Crippen LogP contribution in [0.5, 0.6) is 0 Å². The molecular weight excluding hydrogens is 1470 g/mol. The van der Waals surface area contributed by atoms with Crippen LogP contribution in [0.1, 0.15) is 54.4 Å². The highest BCUT2D eigenvalue weighted by atomic mass is 19.2. The van der Waals surface area contributed by atoms with Crippen molar-refractivity contribution in [3.8, 4) is 56.1 Å². The fourth-order valence-electron chi connectivity index (χ4n) is 16.7. The largest absolute Gasteiger partial charge is 0.304 e. The second-order valence-corrected chi connectivity index (χ2v) is 27.6. The van der Waals surface area contributed by atoms with Crippen LogP contribution in [-0.2, 0) is 5.41 Å². The minimum atomic E-state index is -2.42. The number of nitrogens with zero attached hydrogens (tertiary/aromatic N) is 4. The molecule has 4 heterocycles. The number of para-hydroxylation sites is 2. The van der Waals surface area contributed by atoms with E-state index in [1.807, 2.05) is 12.1 Å². The Morgan fingerprint density at radius 1 is 0.218 bits per heavy atom. The molecule has 4 nitrogen and oxygen atoms in total. The molecule has 0 radical (unpaired) electrons. The van der Waals surface area contributed by atoms with Gasteiger partial charge in [-0.3, -0.25) is 0 Å². The molecule has 17 aromatic rings. The lowest BCUT2D eigenvalue weighted by atomic mass is 9.65. The first kappa shape index (κ1) is 69.4. The van der Waals surface area contributed by atoms with E-state index < -0.39 is 145 Å². The topological polar surface area (TPSA) is 19.7 Å². The fraction of sp³-hybridized carbons (Fsp3) is 0.0930. The third-order valence-corrected chi connectivity index (χ3v) is 21.9. The lowest BCUT2D eigenvalue weighted by molar-refractivity contribution is 0.346. The third-order valence-electron chi connectivity index (χ3n) is 21.9. The van der Waals surface area contributed by atoms with E-state index in [-0.39, 0.29) is 65.7 Å². The van der Waals surface area contributed by atoms with Crippen molar-refractivity contribution in [1.82, 2.24) is 18.3 Å².